The minimum absolute atomic E-state index is 0.117. The Morgan fingerprint density at radius 3 is 2.07 bits per heavy atom. The van der Waals surface area contributed by atoms with Gasteiger partial charge in [-0.05, 0) is 19.9 Å². The predicted molar refractivity (Wildman–Crippen MR) is 51.1 cm³/mol. The first-order valence-corrected chi connectivity index (χ1v) is 4.46. The van der Waals surface area contributed by atoms with Gasteiger partial charge in [-0.3, -0.25) is 9.59 Å². The Bertz CT molecular complexity index is 373. The molecule has 0 saturated carbocycles. The van der Waals surface area contributed by atoms with Crippen molar-refractivity contribution in [3.63, 3.8) is 0 Å². The van der Waals surface area contributed by atoms with Crippen molar-refractivity contribution in [3.8, 4) is 0 Å². The summed E-state index contributed by atoms with van der Waals surface area (Å²) in [5.41, 5.74) is -0.480. The van der Waals surface area contributed by atoms with E-state index in [9.17, 15) is 24.9 Å². The molecule has 0 saturated heterocycles. The lowest BCUT2D eigenvalue weighted by atomic mass is 9.89. The van der Waals surface area contributed by atoms with Crippen LogP contribution in [0.5, 0.6) is 0 Å². The van der Waals surface area contributed by atoms with Crippen molar-refractivity contribution in [2.24, 2.45) is 0 Å². The van der Waals surface area contributed by atoms with E-state index < -0.39 is 29.5 Å². The summed E-state index contributed by atoms with van der Waals surface area (Å²) in [6, 6.07) is 0. The molecule has 1 aliphatic carbocycles. The summed E-state index contributed by atoms with van der Waals surface area (Å²) in [4.78, 5) is 22.8. The molecule has 2 unspecified atom stereocenters. The van der Waals surface area contributed by atoms with Gasteiger partial charge in [-0.2, -0.15) is 0 Å². The number of hydrogen-bond acceptors (Lipinski definition) is 5. The summed E-state index contributed by atoms with van der Waals surface area (Å²) in [5.74, 6) is -2.22. The third-order valence-corrected chi connectivity index (χ3v) is 2.15. The van der Waals surface area contributed by atoms with Gasteiger partial charge in [0.25, 0.3) is 0 Å². The van der Waals surface area contributed by atoms with Gasteiger partial charge in [0, 0.05) is 5.57 Å². The van der Waals surface area contributed by atoms with Crippen LogP contribution < -0.4 is 0 Å². The fourth-order valence-corrected chi connectivity index (χ4v) is 1.37. The molecule has 82 valence electrons. The molecule has 0 aromatic carbocycles. The molecule has 0 bridgehead atoms. The summed E-state index contributed by atoms with van der Waals surface area (Å²) in [7, 11) is 0. The summed E-state index contributed by atoms with van der Waals surface area (Å²) in [6.45, 7) is 2.60. The van der Waals surface area contributed by atoms with Crippen LogP contribution >= 0.6 is 0 Å². The van der Waals surface area contributed by atoms with Crippen molar-refractivity contribution in [3.05, 3.63) is 23.0 Å². The molecular formula is C10H12O5. The van der Waals surface area contributed by atoms with Crippen LogP contribution in [0.3, 0.4) is 0 Å². The topological polar surface area (TPSA) is 94.8 Å². The molecule has 0 heterocycles. The van der Waals surface area contributed by atoms with E-state index >= 15 is 0 Å². The van der Waals surface area contributed by atoms with Gasteiger partial charge in [-0.15, -0.1) is 0 Å². The van der Waals surface area contributed by atoms with Gasteiger partial charge in [0.2, 0.25) is 5.78 Å². The number of aliphatic hydroxyl groups is 3. The minimum Gasteiger partial charge on any atom is -0.504 e. The number of allylic oxidation sites excluding steroid dienone is 1. The Kier molecular flexibility index (Phi) is 3.06. The van der Waals surface area contributed by atoms with Crippen LogP contribution in [0.4, 0.5) is 0 Å². The van der Waals surface area contributed by atoms with Crippen LogP contribution in [0, 0.1) is 0 Å². The average Bonchev–Trinajstić information content (AvgIpc) is 2.10. The van der Waals surface area contributed by atoms with Crippen molar-refractivity contribution < 1.29 is 24.9 Å². The van der Waals surface area contributed by atoms with Gasteiger partial charge in [-0.25, -0.2) is 0 Å². The lowest BCUT2D eigenvalue weighted by Crippen LogP contribution is -2.29. The number of carbonyl (C=O) groups is 2. The number of rotatable bonds is 2. The zero-order valence-electron chi connectivity index (χ0n) is 8.39. The van der Waals surface area contributed by atoms with E-state index in [1.807, 2.05) is 0 Å². The van der Waals surface area contributed by atoms with Crippen LogP contribution in [0.25, 0.3) is 0 Å². The SMILES string of the molecule is CC(O)C1=CC(=O)C(O)=C(C(C)O)C1=O. The second-order valence-corrected chi connectivity index (χ2v) is 3.41. The molecule has 0 aromatic heterocycles. The number of hydrogen-bond donors (Lipinski definition) is 3. The molecule has 3 N–H and O–H groups in total. The van der Waals surface area contributed by atoms with Crippen molar-refractivity contribution >= 4 is 11.6 Å². The zero-order valence-corrected chi connectivity index (χ0v) is 8.39. The minimum atomic E-state index is -1.25. The fraction of sp³-hybridized carbons (Fsp3) is 0.400. The highest BCUT2D eigenvalue weighted by molar-refractivity contribution is 6.22. The highest BCUT2D eigenvalue weighted by Gasteiger charge is 2.32. The quantitative estimate of drug-likeness (QED) is 0.543. The summed E-state index contributed by atoms with van der Waals surface area (Å²) >= 11 is 0. The number of Topliss-reactive ketones (excluding diaryl/α,β-unsaturated/α-hetero) is 1. The molecule has 5 heteroatoms. The van der Waals surface area contributed by atoms with Gasteiger partial charge in [-0.1, -0.05) is 0 Å². The maximum absolute atomic E-state index is 11.6. The fourth-order valence-electron chi connectivity index (χ4n) is 1.37. The average molecular weight is 212 g/mol. The summed E-state index contributed by atoms with van der Waals surface area (Å²) in [6.07, 6.45) is -1.47. The Hall–Kier alpha value is -1.46. The van der Waals surface area contributed by atoms with Crippen LogP contribution in [-0.2, 0) is 9.59 Å². The van der Waals surface area contributed by atoms with Crippen LogP contribution in [0.2, 0.25) is 0 Å². The largest absolute Gasteiger partial charge is 0.504 e. The number of ketones is 2. The van der Waals surface area contributed by atoms with E-state index in [1.54, 1.807) is 0 Å². The third-order valence-electron chi connectivity index (χ3n) is 2.15. The first-order chi connectivity index (χ1) is 6.86. The van der Waals surface area contributed by atoms with Crippen LogP contribution in [-0.4, -0.2) is 39.1 Å². The lowest BCUT2D eigenvalue weighted by Gasteiger charge is -2.18. The highest BCUT2D eigenvalue weighted by atomic mass is 16.3. The Balaban J connectivity index is 3.23. The van der Waals surface area contributed by atoms with Gasteiger partial charge >= 0.3 is 0 Å². The summed E-state index contributed by atoms with van der Waals surface area (Å²) in [5, 5.41) is 27.8. The van der Waals surface area contributed by atoms with Gasteiger partial charge in [0.15, 0.2) is 11.5 Å². The molecule has 1 aliphatic rings. The number of aliphatic hydroxyl groups excluding tert-OH is 3. The Labute approximate surface area is 86.3 Å². The summed E-state index contributed by atoms with van der Waals surface area (Å²) < 4.78 is 0. The van der Waals surface area contributed by atoms with Gasteiger partial charge in [0.05, 0.1) is 17.8 Å². The molecule has 0 spiro atoms. The van der Waals surface area contributed by atoms with Crippen LogP contribution in [0.1, 0.15) is 13.8 Å². The molecule has 2 atom stereocenters. The monoisotopic (exact) mass is 212 g/mol. The molecule has 0 aromatic rings. The van der Waals surface area contributed by atoms with E-state index in [4.69, 9.17) is 0 Å². The second-order valence-electron chi connectivity index (χ2n) is 3.41. The predicted octanol–water partition coefficient (Wildman–Crippen LogP) is -0.362. The molecule has 1 rings (SSSR count). The first kappa shape index (κ1) is 11.6. The molecule has 0 radical (unpaired) electrons. The normalized spacial score (nSPS) is 21.5. The van der Waals surface area contributed by atoms with Crippen molar-refractivity contribution in [2.75, 3.05) is 0 Å². The lowest BCUT2D eigenvalue weighted by molar-refractivity contribution is -0.119. The molecular weight excluding hydrogens is 200 g/mol. The van der Waals surface area contributed by atoms with E-state index in [1.165, 1.54) is 13.8 Å². The van der Waals surface area contributed by atoms with E-state index in [0.29, 0.717) is 0 Å². The molecule has 15 heavy (non-hydrogen) atoms. The Morgan fingerprint density at radius 1 is 1.13 bits per heavy atom. The standard InChI is InChI=1S/C10H12O5/c1-4(11)6-3-7(13)10(15)8(5(2)12)9(6)14/h3-5,11-12,15H,1-2H3. The molecule has 5 nitrogen and oxygen atoms in total. The smallest absolute Gasteiger partial charge is 0.221 e. The highest BCUT2D eigenvalue weighted by Crippen LogP contribution is 2.22. The zero-order chi connectivity index (χ0) is 11.7. The molecule has 0 amide bonds. The maximum atomic E-state index is 11.6. The van der Waals surface area contributed by atoms with Crippen LogP contribution in [0.15, 0.2) is 23.0 Å². The molecule has 0 fully saturated rings. The second kappa shape index (κ2) is 3.96. The van der Waals surface area contributed by atoms with Crippen molar-refractivity contribution in [1.29, 1.82) is 0 Å². The van der Waals surface area contributed by atoms with E-state index in [2.05, 4.69) is 0 Å². The van der Waals surface area contributed by atoms with Gasteiger partial charge < -0.3 is 15.3 Å². The number of carbonyl (C=O) groups excluding carboxylic acids is 2. The van der Waals surface area contributed by atoms with Gasteiger partial charge in [0.1, 0.15) is 0 Å². The molecule has 0 aliphatic heterocycles. The van der Waals surface area contributed by atoms with Crippen molar-refractivity contribution in [2.45, 2.75) is 26.1 Å². The first-order valence-electron chi connectivity index (χ1n) is 4.46. The van der Waals surface area contributed by atoms with Crippen molar-refractivity contribution in [1.82, 2.24) is 0 Å². The maximum Gasteiger partial charge on any atom is 0.221 e. The van der Waals surface area contributed by atoms with E-state index in [0.717, 1.165) is 6.08 Å². The van der Waals surface area contributed by atoms with E-state index in [-0.39, 0.29) is 11.1 Å². The third kappa shape index (κ3) is 1.98. The Morgan fingerprint density at radius 2 is 1.67 bits per heavy atom.